The van der Waals surface area contributed by atoms with Gasteiger partial charge in [0.25, 0.3) is 0 Å². The third-order valence-electron chi connectivity index (χ3n) is 5.71. The summed E-state index contributed by atoms with van der Waals surface area (Å²) < 4.78 is 0. The van der Waals surface area contributed by atoms with Gasteiger partial charge in [-0.25, -0.2) is 14.8 Å². The second-order valence-corrected chi connectivity index (χ2v) is 7.50. The number of benzene rings is 1. The molecule has 0 unspecified atom stereocenters. The second kappa shape index (κ2) is 8.24. The molecule has 154 valence electrons. The highest BCUT2D eigenvalue weighted by molar-refractivity contribution is 5.98. The average Bonchev–Trinajstić information content (AvgIpc) is 3.26. The molecule has 1 aromatic heterocycles. The molecule has 2 heterocycles. The van der Waals surface area contributed by atoms with E-state index in [2.05, 4.69) is 15.3 Å². The molecule has 0 bridgehead atoms. The number of para-hydroxylation sites is 1. The number of amides is 2. The summed E-state index contributed by atoms with van der Waals surface area (Å²) in [6, 6.07) is 8.05. The summed E-state index contributed by atoms with van der Waals surface area (Å²) in [7, 11) is 1.77. The van der Waals surface area contributed by atoms with Crippen LogP contribution in [0.1, 0.15) is 38.2 Å². The molecule has 2 N–H and O–H groups in total. The monoisotopic (exact) mass is 396 g/mol. The van der Waals surface area contributed by atoms with Crippen molar-refractivity contribution in [2.45, 2.75) is 45.1 Å². The molecule has 1 saturated carbocycles. The van der Waals surface area contributed by atoms with Gasteiger partial charge in [-0.1, -0.05) is 31.0 Å². The summed E-state index contributed by atoms with van der Waals surface area (Å²) in [6.07, 6.45) is 6.72. The first-order valence-electron chi connectivity index (χ1n) is 10.3. The van der Waals surface area contributed by atoms with Crippen LogP contribution in [0.25, 0.3) is 0 Å². The molecule has 8 heteroatoms. The first-order chi connectivity index (χ1) is 14.1. The fourth-order valence-electron chi connectivity index (χ4n) is 4.22. The molecular weight excluding hydrogens is 368 g/mol. The Balaban J connectivity index is 1.72. The number of hydrogen-bond donors (Lipinski definition) is 2. The number of nitrogens with zero attached hydrogens (tertiary/aromatic N) is 5. The van der Waals surface area contributed by atoms with Gasteiger partial charge in [0.2, 0.25) is 5.95 Å². The number of aliphatic hydroxyl groups is 1. The van der Waals surface area contributed by atoms with Crippen LogP contribution in [0.2, 0.25) is 0 Å². The molecule has 1 aliphatic heterocycles. The van der Waals surface area contributed by atoms with Crippen LogP contribution in [0.4, 0.5) is 27.9 Å². The van der Waals surface area contributed by atoms with Gasteiger partial charge in [0.15, 0.2) is 5.82 Å². The van der Waals surface area contributed by atoms with Crippen molar-refractivity contribution in [3.63, 3.8) is 0 Å². The van der Waals surface area contributed by atoms with E-state index in [-0.39, 0.29) is 18.7 Å². The van der Waals surface area contributed by atoms with Crippen LogP contribution in [0, 0.1) is 0 Å². The predicted molar refractivity (Wildman–Crippen MR) is 113 cm³/mol. The molecule has 1 fully saturated rings. The lowest BCUT2D eigenvalue weighted by Crippen LogP contribution is -2.59. The van der Waals surface area contributed by atoms with E-state index in [0.29, 0.717) is 18.9 Å². The zero-order valence-corrected chi connectivity index (χ0v) is 17.0. The summed E-state index contributed by atoms with van der Waals surface area (Å²) in [5, 5.41) is 16.5. The zero-order chi connectivity index (χ0) is 20.4. The Bertz CT molecular complexity index is 883. The van der Waals surface area contributed by atoms with Gasteiger partial charge in [-0.05, 0) is 37.8 Å². The van der Waals surface area contributed by atoms with E-state index in [1.54, 1.807) is 23.2 Å². The Kier molecular flexibility index (Phi) is 5.53. The van der Waals surface area contributed by atoms with Crippen molar-refractivity contribution in [2.75, 3.05) is 35.4 Å². The highest BCUT2D eigenvalue weighted by Gasteiger charge is 2.39. The summed E-state index contributed by atoms with van der Waals surface area (Å²) in [6.45, 7) is 2.66. The molecule has 1 aromatic carbocycles. The van der Waals surface area contributed by atoms with Crippen molar-refractivity contribution >= 4 is 29.2 Å². The Hall–Kier alpha value is -2.87. The van der Waals surface area contributed by atoms with Gasteiger partial charge in [0.1, 0.15) is 5.69 Å². The first-order valence-corrected chi connectivity index (χ1v) is 10.3. The van der Waals surface area contributed by atoms with E-state index in [1.807, 2.05) is 31.2 Å². The van der Waals surface area contributed by atoms with E-state index in [0.717, 1.165) is 35.6 Å². The smallest absolute Gasteiger partial charge is 0.343 e. The number of carbonyl (C=O) groups excluding carboxylic acids is 1. The van der Waals surface area contributed by atoms with Crippen molar-refractivity contribution in [2.24, 2.45) is 0 Å². The normalized spacial score (nSPS) is 17.1. The minimum Gasteiger partial charge on any atom is -0.396 e. The van der Waals surface area contributed by atoms with Gasteiger partial charge in [-0.15, -0.1) is 0 Å². The van der Waals surface area contributed by atoms with Crippen molar-refractivity contribution < 1.29 is 9.90 Å². The Morgan fingerprint density at radius 1 is 1.24 bits per heavy atom. The largest absolute Gasteiger partial charge is 0.396 e. The lowest BCUT2D eigenvalue weighted by molar-refractivity contribution is 0.191. The van der Waals surface area contributed by atoms with Crippen molar-refractivity contribution in [1.29, 1.82) is 0 Å². The van der Waals surface area contributed by atoms with Crippen molar-refractivity contribution in [3.05, 3.63) is 36.0 Å². The van der Waals surface area contributed by atoms with E-state index >= 15 is 0 Å². The van der Waals surface area contributed by atoms with E-state index in [9.17, 15) is 9.90 Å². The molecule has 4 rings (SSSR count). The molecule has 29 heavy (non-hydrogen) atoms. The lowest BCUT2D eigenvalue weighted by atomic mass is 10.1. The number of urea groups is 1. The number of nitrogens with one attached hydrogen (secondary N) is 1. The standard InChI is InChI=1S/C21H28N6O2/c1-3-26-21(29)25(2)18-14-22-20(23-17-11-7-4-8-15(17)12-13-28)24-19(18)27(26)16-9-5-6-10-16/h4,7-8,11,14,16,28H,3,5-6,9-10,12-13H2,1-2H3,(H,22,23,24). The maximum atomic E-state index is 12.9. The fourth-order valence-corrected chi connectivity index (χ4v) is 4.22. The molecule has 0 spiro atoms. The first kappa shape index (κ1) is 19.4. The van der Waals surface area contributed by atoms with Gasteiger partial charge in [-0.2, -0.15) is 4.98 Å². The zero-order valence-electron chi connectivity index (χ0n) is 17.0. The molecule has 2 aromatic rings. The van der Waals surface area contributed by atoms with Gasteiger partial charge < -0.3 is 10.4 Å². The van der Waals surface area contributed by atoms with Crippen LogP contribution in [-0.2, 0) is 6.42 Å². The molecule has 0 atom stereocenters. The highest BCUT2D eigenvalue weighted by Crippen LogP contribution is 2.38. The summed E-state index contributed by atoms with van der Waals surface area (Å²) in [4.78, 5) is 23.8. The lowest BCUT2D eigenvalue weighted by Gasteiger charge is -2.45. The SMILES string of the molecule is CCN1C(=O)N(C)c2cnc(Nc3ccccc3CCO)nc2N1C1CCCC1. The maximum Gasteiger partial charge on any atom is 0.343 e. The minimum absolute atomic E-state index is 0.0514. The topological polar surface area (TPSA) is 84.8 Å². The van der Waals surface area contributed by atoms with Crippen molar-refractivity contribution in [1.82, 2.24) is 15.0 Å². The third-order valence-corrected chi connectivity index (χ3v) is 5.71. The van der Waals surface area contributed by atoms with Crippen LogP contribution >= 0.6 is 0 Å². The number of aliphatic hydroxyl groups excluding tert-OH is 1. The van der Waals surface area contributed by atoms with Crippen LogP contribution < -0.4 is 15.2 Å². The number of carbonyl (C=O) groups is 1. The Morgan fingerprint density at radius 2 is 2.00 bits per heavy atom. The number of hydrogen-bond acceptors (Lipinski definition) is 6. The molecular formula is C21H28N6O2. The molecule has 2 amide bonds. The average molecular weight is 396 g/mol. The van der Waals surface area contributed by atoms with Gasteiger partial charge in [0, 0.05) is 25.9 Å². The summed E-state index contributed by atoms with van der Waals surface area (Å²) in [5.74, 6) is 1.24. The van der Waals surface area contributed by atoms with Crippen LogP contribution in [0.15, 0.2) is 30.5 Å². The van der Waals surface area contributed by atoms with E-state index in [4.69, 9.17) is 4.98 Å². The van der Waals surface area contributed by atoms with E-state index < -0.39 is 0 Å². The van der Waals surface area contributed by atoms with Crippen LogP contribution in [0.5, 0.6) is 0 Å². The fraction of sp³-hybridized carbons (Fsp3) is 0.476. The Labute approximate surface area is 171 Å². The quantitative estimate of drug-likeness (QED) is 0.779. The molecule has 0 radical (unpaired) electrons. The van der Waals surface area contributed by atoms with Crippen molar-refractivity contribution in [3.8, 4) is 0 Å². The predicted octanol–water partition coefficient (Wildman–Crippen LogP) is 3.31. The summed E-state index contributed by atoms with van der Waals surface area (Å²) >= 11 is 0. The summed E-state index contributed by atoms with van der Waals surface area (Å²) in [5.41, 5.74) is 2.61. The molecule has 8 nitrogen and oxygen atoms in total. The number of fused-ring (bicyclic) bond motifs is 1. The number of rotatable bonds is 6. The minimum atomic E-state index is -0.0514. The Morgan fingerprint density at radius 3 is 2.72 bits per heavy atom. The van der Waals surface area contributed by atoms with Gasteiger partial charge in [-0.3, -0.25) is 9.91 Å². The number of hydrazine groups is 1. The maximum absolute atomic E-state index is 12.9. The van der Waals surface area contributed by atoms with Gasteiger partial charge in [0.05, 0.1) is 12.2 Å². The number of aromatic nitrogens is 2. The van der Waals surface area contributed by atoms with E-state index in [1.165, 1.54) is 12.8 Å². The third kappa shape index (κ3) is 3.60. The molecule has 1 aliphatic carbocycles. The van der Waals surface area contributed by atoms with Crippen LogP contribution in [0.3, 0.4) is 0 Å². The molecule has 2 aliphatic rings. The van der Waals surface area contributed by atoms with Crippen LogP contribution in [-0.4, -0.2) is 52.4 Å². The van der Waals surface area contributed by atoms with Gasteiger partial charge >= 0.3 is 6.03 Å². The number of anilines is 4. The highest BCUT2D eigenvalue weighted by atomic mass is 16.3. The second-order valence-electron chi connectivity index (χ2n) is 7.50. The molecule has 0 saturated heterocycles.